The largest absolute Gasteiger partial charge is 0.256 e. The van der Waals surface area contributed by atoms with Gasteiger partial charge in [-0.05, 0) is 92.7 Å². The van der Waals surface area contributed by atoms with Gasteiger partial charge < -0.3 is 0 Å². The molecule has 0 radical (unpaired) electrons. The molecule has 0 unspecified atom stereocenters. The van der Waals surface area contributed by atoms with Crippen LogP contribution in [0.5, 0.6) is 0 Å². The Labute approximate surface area is 473 Å². The molecule has 4 nitrogen and oxygen atoms in total. The molecule has 0 N–H and O–H groups in total. The summed E-state index contributed by atoms with van der Waals surface area (Å²) < 4.78 is 0. The summed E-state index contributed by atoms with van der Waals surface area (Å²) in [7, 11) is -9.36. The predicted octanol–water partition coefficient (Wildman–Crippen LogP) is 12.1. The number of hydrogen-bond donors (Lipinski definition) is 0. The van der Waals surface area contributed by atoms with Gasteiger partial charge in [0.25, 0.3) is 0 Å². The summed E-state index contributed by atoms with van der Waals surface area (Å²) in [6, 6.07) is 57.4. The number of terminal acetylenes is 8. The molecular formula is C72H52N4Si4. The molecule has 0 atom stereocenters. The van der Waals surface area contributed by atoms with Gasteiger partial charge in [-0.25, -0.2) is 0 Å². The van der Waals surface area contributed by atoms with E-state index in [0.29, 0.717) is 0 Å². The van der Waals surface area contributed by atoms with Gasteiger partial charge in [0.1, 0.15) is 0 Å². The molecule has 80 heavy (non-hydrogen) atoms. The second-order valence-corrected chi connectivity index (χ2v) is 33.3. The number of benzene rings is 8. The first-order chi connectivity index (χ1) is 38.8. The van der Waals surface area contributed by atoms with Crippen LogP contribution < -0.4 is 20.7 Å². The van der Waals surface area contributed by atoms with Crippen molar-refractivity contribution in [3.63, 3.8) is 0 Å². The molecule has 4 aromatic heterocycles. The molecule has 0 saturated heterocycles. The third-order valence-electron chi connectivity index (χ3n) is 14.9. The lowest BCUT2D eigenvalue weighted by atomic mass is 10.1. The van der Waals surface area contributed by atoms with Crippen LogP contribution in [-0.4, -0.2) is 52.2 Å². The summed E-state index contributed by atoms with van der Waals surface area (Å²) in [4.78, 5) is 18.1. The molecule has 376 valence electrons. The van der Waals surface area contributed by atoms with E-state index in [1.807, 2.05) is 99.5 Å². The molecule has 12 rings (SSSR count). The summed E-state index contributed by atoms with van der Waals surface area (Å²) in [6.45, 7) is 8.13. The van der Waals surface area contributed by atoms with Crippen LogP contribution in [0.4, 0.5) is 0 Å². The molecular weight excluding hydrogens is 1030 g/mol. The molecule has 0 saturated carbocycles. The summed E-state index contributed by atoms with van der Waals surface area (Å²) in [5.41, 5.74) is 26.9. The summed E-state index contributed by atoms with van der Waals surface area (Å²) in [5.74, 6) is 0. The van der Waals surface area contributed by atoms with Crippen molar-refractivity contribution in [1.82, 2.24) is 19.9 Å². The maximum Gasteiger partial charge on any atom is 0.243 e. The lowest BCUT2D eigenvalue weighted by Gasteiger charge is -2.17. The molecule has 12 aromatic rings. The first-order valence-electron chi connectivity index (χ1n) is 25.7. The molecule has 0 amide bonds. The zero-order chi connectivity index (χ0) is 56.7. The van der Waals surface area contributed by atoms with Crippen LogP contribution in [-0.2, 0) is 0 Å². The van der Waals surface area contributed by atoms with E-state index in [1.54, 1.807) is 0 Å². The number of hydrogen-bond acceptors (Lipinski definition) is 4. The number of rotatable bonds is 4. The highest BCUT2D eigenvalue weighted by Crippen LogP contribution is 2.28. The van der Waals surface area contributed by atoms with E-state index in [4.69, 9.17) is 51.4 Å². The highest BCUT2D eigenvalue weighted by Gasteiger charge is 2.31. The van der Waals surface area contributed by atoms with Crippen LogP contribution in [0, 0.1) is 95.7 Å². The van der Waals surface area contributed by atoms with Gasteiger partial charge in [0.2, 0.25) is 32.3 Å². The third-order valence-corrected chi connectivity index (χ3v) is 25.5. The van der Waals surface area contributed by atoms with Crippen molar-refractivity contribution in [2.45, 2.75) is 26.2 Å². The fourth-order valence-corrected chi connectivity index (χ4v) is 16.5. The Morgan fingerprint density at radius 1 is 0.237 bits per heavy atom. The fraction of sp³-hybridized carbons (Fsp3) is 0.0556. The first-order valence-corrected chi connectivity index (χ1v) is 35.7. The average molecular weight is 1090 g/mol. The van der Waals surface area contributed by atoms with E-state index in [0.717, 1.165) is 107 Å². The van der Waals surface area contributed by atoms with E-state index < -0.39 is 32.3 Å². The Bertz CT molecular complexity index is 4140. The van der Waals surface area contributed by atoms with E-state index in [-0.39, 0.29) is 0 Å². The monoisotopic (exact) mass is 1080 g/mol. The molecule has 0 aliphatic carbocycles. The number of nitrogens with zero attached hydrogens (tertiary/aromatic N) is 4. The molecule has 4 heterocycles. The highest BCUT2D eigenvalue weighted by atomic mass is 28.3. The standard InChI is InChI=1S/4C18H13NSi/c4*1-4-20(3,5-2)16-10-6-8-14-11-12-15-9-7-13-19-18(15)17(14)16/h4*1-2,6-13H,3H3. The van der Waals surface area contributed by atoms with Crippen LogP contribution in [0.25, 0.3) is 86.7 Å². The predicted molar refractivity (Wildman–Crippen MR) is 353 cm³/mol. The van der Waals surface area contributed by atoms with Crippen molar-refractivity contribution in [3.8, 4) is 95.7 Å². The van der Waals surface area contributed by atoms with E-state index >= 15 is 0 Å². The van der Waals surface area contributed by atoms with Gasteiger partial charge in [0, 0.05) is 67.9 Å². The van der Waals surface area contributed by atoms with E-state index in [1.165, 1.54) is 0 Å². The summed E-state index contributed by atoms with van der Waals surface area (Å²) >= 11 is 0. The van der Waals surface area contributed by atoms with Gasteiger partial charge in [0.05, 0.1) is 22.1 Å². The fourth-order valence-electron chi connectivity index (χ4n) is 10.1. The Morgan fingerprint density at radius 2 is 0.412 bits per heavy atom. The molecule has 0 bridgehead atoms. The van der Waals surface area contributed by atoms with Crippen molar-refractivity contribution in [2.75, 3.05) is 0 Å². The Hall–Kier alpha value is -10.2. The van der Waals surface area contributed by atoms with Gasteiger partial charge in [0.15, 0.2) is 0 Å². The SMILES string of the molecule is C#C[Si](C)(C#C)c1cccc2ccc3cccnc3c12.C#C[Si](C)(C#C)c1cccc2ccc3cccnc3c12.C#C[Si](C)(C#C)c1cccc2ccc3cccnc3c12.C#C[Si](C)(C#C)c1cccc2ccc3cccnc3c12. The van der Waals surface area contributed by atoms with Crippen LogP contribution in [0.1, 0.15) is 0 Å². The molecule has 0 aliphatic heterocycles. The second kappa shape index (κ2) is 22.8. The first kappa shape index (κ1) is 54.6. The average Bonchev–Trinajstić information content (AvgIpc) is 3.53. The van der Waals surface area contributed by atoms with Crippen molar-refractivity contribution in [2.24, 2.45) is 0 Å². The van der Waals surface area contributed by atoms with Crippen LogP contribution in [0.3, 0.4) is 0 Å². The summed E-state index contributed by atoms with van der Waals surface area (Å²) in [6.07, 6.45) is 53.1. The van der Waals surface area contributed by atoms with Crippen LogP contribution in [0.2, 0.25) is 26.2 Å². The van der Waals surface area contributed by atoms with Crippen molar-refractivity contribution in [1.29, 1.82) is 0 Å². The lowest BCUT2D eigenvalue weighted by Crippen LogP contribution is -2.43. The molecule has 8 heteroatoms. The Morgan fingerprint density at radius 3 is 0.600 bits per heavy atom. The lowest BCUT2D eigenvalue weighted by molar-refractivity contribution is 1.43. The van der Waals surface area contributed by atoms with Gasteiger partial charge in [-0.2, -0.15) is 0 Å². The third kappa shape index (κ3) is 10.0. The van der Waals surface area contributed by atoms with Crippen LogP contribution in [0.15, 0.2) is 195 Å². The second-order valence-electron chi connectivity index (χ2n) is 19.8. The topological polar surface area (TPSA) is 51.6 Å². The van der Waals surface area contributed by atoms with Gasteiger partial charge >= 0.3 is 0 Å². The molecule has 8 aromatic carbocycles. The van der Waals surface area contributed by atoms with E-state index in [9.17, 15) is 0 Å². The molecule has 0 aliphatic rings. The minimum atomic E-state index is -2.34. The number of fused-ring (bicyclic) bond motifs is 12. The highest BCUT2D eigenvalue weighted by molar-refractivity contribution is 7.06. The normalized spacial score (nSPS) is 11.2. The number of aromatic nitrogens is 4. The van der Waals surface area contributed by atoms with Gasteiger partial charge in [-0.1, -0.05) is 146 Å². The zero-order valence-electron chi connectivity index (χ0n) is 44.9. The van der Waals surface area contributed by atoms with Crippen LogP contribution >= 0.6 is 0 Å². The maximum absolute atomic E-state index is 5.73. The minimum absolute atomic E-state index is 0.977. The minimum Gasteiger partial charge on any atom is -0.256 e. The zero-order valence-corrected chi connectivity index (χ0v) is 48.9. The molecule has 0 spiro atoms. The van der Waals surface area contributed by atoms with Crippen molar-refractivity contribution >= 4 is 140 Å². The Balaban J connectivity index is 0.000000129. The molecule has 0 fully saturated rings. The maximum atomic E-state index is 5.73. The number of pyridine rings is 4. The quantitative estimate of drug-likeness (QED) is 0.100. The Kier molecular flexibility index (Phi) is 15.5. The summed E-state index contributed by atoms with van der Waals surface area (Å²) in [5, 5.41) is 17.8. The van der Waals surface area contributed by atoms with Gasteiger partial charge in [-0.3, -0.25) is 19.9 Å². The van der Waals surface area contributed by atoms with Crippen molar-refractivity contribution < 1.29 is 0 Å². The smallest absolute Gasteiger partial charge is 0.243 e. The van der Waals surface area contributed by atoms with Crippen molar-refractivity contribution in [3.05, 3.63) is 195 Å². The van der Waals surface area contributed by atoms with Gasteiger partial charge in [-0.15, -0.1) is 95.7 Å². The van der Waals surface area contributed by atoms with E-state index in [2.05, 4.69) is 186 Å².